The molecule has 15 heavy (non-hydrogen) atoms. The van der Waals surface area contributed by atoms with Gasteiger partial charge in [-0.15, -0.1) is 6.42 Å². The number of aliphatic hydroxyl groups is 1. The molecule has 0 radical (unpaired) electrons. The maximum Gasteiger partial charge on any atom is 0.230 e. The zero-order valence-electron chi connectivity index (χ0n) is 8.47. The summed E-state index contributed by atoms with van der Waals surface area (Å²) in [6, 6.07) is 9.03. The van der Waals surface area contributed by atoms with Gasteiger partial charge in [-0.2, -0.15) is 0 Å². The quantitative estimate of drug-likeness (QED) is 0.726. The Morgan fingerprint density at radius 2 is 2.07 bits per heavy atom. The molecular weight excluding hydrogens is 190 g/mol. The largest absolute Gasteiger partial charge is 0.380 e. The van der Waals surface area contributed by atoms with Crippen LogP contribution in [-0.4, -0.2) is 17.1 Å². The van der Waals surface area contributed by atoms with Gasteiger partial charge in [-0.3, -0.25) is 4.79 Å². The molecule has 3 nitrogen and oxygen atoms in total. The molecule has 2 N–H and O–H groups in total. The van der Waals surface area contributed by atoms with Crippen LogP contribution >= 0.6 is 0 Å². The summed E-state index contributed by atoms with van der Waals surface area (Å²) in [5.74, 6) is 1.23. The van der Waals surface area contributed by atoms with Crippen LogP contribution < -0.4 is 5.32 Å². The lowest BCUT2D eigenvalue weighted by atomic mass is 10.0. The standard InChI is InChI=1S/C12H13NO2/c1-3-11(14)9(2)12(15)13-10-7-5-4-6-8-10/h1,4-9,11,14H,2H3,(H,13,15)/t9-,11+/m1/s1. The first kappa shape index (κ1) is 11.3. The van der Waals surface area contributed by atoms with Crippen molar-refractivity contribution >= 4 is 11.6 Å². The molecule has 0 saturated carbocycles. The fourth-order valence-corrected chi connectivity index (χ4v) is 1.07. The number of terminal acetylenes is 1. The Kier molecular flexibility index (Phi) is 3.90. The lowest BCUT2D eigenvalue weighted by Crippen LogP contribution is -2.29. The molecular formula is C12H13NO2. The van der Waals surface area contributed by atoms with Gasteiger partial charge in [0.15, 0.2) is 0 Å². The summed E-state index contributed by atoms with van der Waals surface area (Å²) in [6.45, 7) is 1.59. The minimum atomic E-state index is -1.05. The number of nitrogens with one attached hydrogen (secondary N) is 1. The first-order valence-electron chi connectivity index (χ1n) is 4.65. The highest BCUT2D eigenvalue weighted by Crippen LogP contribution is 2.09. The third-order valence-electron chi connectivity index (χ3n) is 2.10. The summed E-state index contributed by atoms with van der Waals surface area (Å²) in [6.07, 6.45) is 3.98. The summed E-state index contributed by atoms with van der Waals surface area (Å²) in [5, 5.41) is 11.9. The maximum atomic E-state index is 11.5. The van der Waals surface area contributed by atoms with E-state index in [4.69, 9.17) is 6.42 Å². The lowest BCUT2D eigenvalue weighted by Gasteiger charge is -2.13. The van der Waals surface area contributed by atoms with Crippen LogP contribution in [0.1, 0.15) is 6.92 Å². The first-order chi connectivity index (χ1) is 7.15. The molecule has 0 saturated heterocycles. The molecule has 1 amide bonds. The van der Waals surface area contributed by atoms with E-state index in [9.17, 15) is 9.90 Å². The van der Waals surface area contributed by atoms with Gasteiger partial charge >= 0.3 is 0 Å². The van der Waals surface area contributed by atoms with Crippen LogP contribution in [0.5, 0.6) is 0 Å². The summed E-state index contributed by atoms with van der Waals surface area (Å²) >= 11 is 0. The number of carbonyl (C=O) groups is 1. The Hall–Kier alpha value is -1.79. The Morgan fingerprint density at radius 1 is 1.47 bits per heavy atom. The molecule has 0 unspecified atom stereocenters. The molecule has 2 atom stereocenters. The van der Waals surface area contributed by atoms with Crippen molar-refractivity contribution in [2.75, 3.05) is 5.32 Å². The molecule has 0 aromatic heterocycles. The molecule has 0 aliphatic rings. The van der Waals surface area contributed by atoms with Gasteiger partial charge in [0.25, 0.3) is 0 Å². The molecule has 1 aromatic rings. The van der Waals surface area contributed by atoms with Crippen molar-refractivity contribution in [2.45, 2.75) is 13.0 Å². The van der Waals surface area contributed by atoms with Gasteiger partial charge in [-0.25, -0.2) is 0 Å². The van der Waals surface area contributed by atoms with Crippen molar-refractivity contribution in [2.24, 2.45) is 5.92 Å². The second-order valence-electron chi connectivity index (χ2n) is 3.26. The molecule has 0 heterocycles. The molecule has 0 bridgehead atoms. The Bertz CT molecular complexity index is 367. The minimum Gasteiger partial charge on any atom is -0.380 e. The zero-order valence-corrected chi connectivity index (χ0v) is 8.47. The highest BCUT2D eigenvalue weighted by atomic mass is 16.3. The number of carbonyl (C=O) groups excluding carboxylic acids is 1. The minimum absolute atomic E-state index is 0.286. The van der Waals surface area contributed by atoms with Crippen LogP contribution in [-0.2, 0) is 4.79 Å². The van der Waals surface area contributed by atoms with E-state index in [1.807, 2.05) is 18.2 Å². The van der Waals surface area contributed by atoms with E-state index in [1.165, 1.54) is 0 Å². The Labute approximate surface area is 89.1 Å². The summed E-state index contributed by atoms with van der Waals surface area (Å²) in [5.41, 5.74) is 0.693. The van der Waals surface area contributed by atoms with Crippen molar-refractivity contribution in [3.05, 3.63) is 30.3 Å². The second kappa shape index (κ2) is 5.18. The predicted octanol–water partition coefficient (Wildman–Crippen LogP) is 1.26. The van der Waals surface area contributed by atoms with Gasteiger partial charge in [0.05, 0.1) is 5.92 Å². The Morgan fingerprint density at radius 3 is 2.60 bits per heavy atom. The van der Waals surface area contributed by atoms with E-state index in [0.717, 1.165) is 0 Å². The van der Waals surface area contributed by atoms with Gasteiger partial charge in [0, 0.05) is 5.69 Å². The molecule has 0 spiro atoms. The van der Waals surface area contributed by atoms with Crippen molar-refractivity contribution in [1.29, 1.82) is 0 Å². The number of amides is 1. The predicted molar refractivity (Wildman–Crippen MR) is 59.1 cm³/mol. The van der Waals surface area contributed by atoms with Crippen LogP contribution in [0, 0.1) is 18.3 Å². The normalized spacial score (nSPS) is 13.7. The number of aliphatic hydroxyl groups excluding tert-OH is 1. The highest BCUT2D eigenvalue weighted by molar-refractivity contribution is 5.92. The van der Waals surface area contributed by atoms with Gasteiger partial charge in [0.1, 0.15) is 6.10 Å². The van der Waals surface area contributed by atoms with E-state index < -0.39 is 12.0 Å². The van der Waals surface area contributed by atoms with Crippen LogP contribution in [0.2, 0.25) is 0 Å². The summed E-state index contributed by atoms with van der Waals surface area (Å²) < 4.78 is 0. The first-order valence-corrected chi connectivity index (χ1v) is 4.65. The average molecular weight is 203 g/mol. The molecule has 3 heteroatoms. The molecule has 1 aromatic carbocycles. The zero-order chi connectivity index (χ0) is 11.3. The molecule has 0 aliphatic carbocycles. The fourth-order valence-electron chi connectivity index (χ4n) is 1.07. The van der Waals surface area contributed by atoms with Crippen LogP contribution in [0.4, 0.5) is 5.69 Å². The van der Waals surface area contributed by atoms with E-state index in [-0.39, 0.29) is 5.91 Å². The number of anilines is 1. The number of hydrogen-bond donors (Lipinski definition) is 2. The third kappa shape index (κ3) is 3.12. The smallest absolute Gasteiger partial charge is 0.230 e. The van der Waals surface area contributed by atoms with Crippen molar-refractivity contribution < 1.29 is 9.90 Å². The van der Waals surface area contributed by atoms with Gasteiger partial charge in [-0.1, -0.05) is 31.0 Å². The molecule has 78 valence electrons. The van der Waals surface area contributed by atoms with Crippen molar-refractivity contribution in [3.8, 4) is 12.3 Å². The number of hydrogen-bond acceptors (Lipinski definition) is 2. The summed E-state index contributed by atoms with van der Waals surface area (Å²) in [4.78, 5) is 11.5. The maximum absolute atomic E-state index is 11.5. The van der Waals surface area contributed by atoms with E-state index in [2.05, 4.69) is 11.2 Å². The monoisotopic (exact) mass is 203 g/mol. The van der Waals surface area contributed by atoms with Gasteiger partial charge in [-0.05, 0) is 12.1 Å². The average Bonchev–Trinajstić information content (AvgIpc) is 2.28. The summed E-state index contributed by atoms with van der Waals surface area (Å²) in [7, 11) is 0. The molecule has 1 rings (SSSR count). The van der Waals surface area contributed by atoms with Crippen LogP contribution in [0.15, 0.2) is 30.3 Å². The SMILES string of the molecule is C#C[C@H](O)[C@@H](C)C(=O)Nc1ccccc1. The van der Waals surface area contributed by atoms with Crippen molar-refractivity contribution in [1.82, 2.24) is 0 Å². The van der Waals surface area contributed by atoms with E-state index >= 15 is 0 Å². The molecule has 0 fully saturated rings. The number of rotatable bonds is 3. The number of benzene rings is 1. The highest BCUT2D eigenvalue weighted by Gasteiger charge is 2.19. The van der Waals surface area contributed by atoms with Crippen LogP contribution in [0.25, 0.3) is 0 Å². The topological polar surface area (TPSA) is 49.3 Å². The van der Waals surface area contributed by atoms with Crippen molar-refractivity contribution in [3.63, 3.8) is 0 Å². The lowest BCUT2D eigenvalue weighted by molar-refractivity contribution is -0.121. The van der Waals surface area contributed by atoms with E-state index in [0.29, 0.717) is 5.69 Å². The fraction of sp³-hybridized carbons (Fsp3) is 0.250. The van der Waals surface area contributed by atoms with Gasteiger partial charge in [0.2, 0.25) is 5.91 Å². The van der Waals surface area contributed by atoms with Gasteiger partial charge < -0.3 is 10.4 Å². The Balaban J connectivity index is 2.61. The van der Waals surface area contributed by atoms with E-state index in [1.54, 1.807) is 19.1 Å². The second-order valence-corrected chi connectivity index (χ2v) is 3.26. The van der Waals surface area contributed by atoms with Crippen LogP contribution in [0.3, 0.4) is 0 Å². The number of para-hydroxylation sites is 1. The molecule has 0 aliphatic heterocycles. The third-order valence-corrected chi connectivity index (χ3v) is 2.10.